The predicted molar refractivity (Wildman–Crippen MR) is 70.1 cm³/mol. The molecule has 0 fully saturated rings. The van der Waals surface area contributed by atoms with Crippen molar-refractivity contribution in [2.24, 2.45) is 0 Å². The molecule has 2 atom stereocenters. The monoisotopic (exact) mass is 221 g/mol. The highest BCUT2D eigenvalue weighted by Gasteiger charge is 2.20. The Kier molecular flexibility index (Phi) is 4.66. The van der Waals surface area contributed by atoms with Crippen LogP contribution in [0.1, 0.15) is 40.5 Å². The molecule has 0 spiro atoms. The normalized spacial score (nSPS) is 14.5. The molecule has 2 heteroatoms. The Labute approximate surface area is 98.9 Å². The second-order valence-electron chi connectivity index (χ2n) is 4.41. The molecule has 0 saturated heterocycles. The van der Waals surface area contributed by atoms with E-state index in [-0.39, 0.29) is 0 Å². The van der Waals surface area contributed by atoms with Gasteiger partial charge in [0.15, 0.2) is 0 Å². The molecule has 90 valence electrons. The second kappa shape index (κ2) is 5.78. The number of rotatable bonds is 5. The summed E-state index contributed by atoms with van der Waals surface area (Å²) in [6.45, 7) is 8.78. The maximum Gasteiger partial charge on any atom is 0.138 e. The summed E-state index contributed by atoms with van der Waals surface area (Å²) in [6, 6.07) is 8.49. The molecule has 1 aromatic carbocycles. The van der Waals surface area contributed by atoms with Gasteiger partial charge in [-0.2, -0.15) is 0 Å². The first kappa shape index (κ1) is 12.9. The van der Waals surface area contributed by atoms with Crippen molar-refractivity contribution in [3.8, 4) is 5.75 Å². The standard InChI is InChI=1S/C14H23NO/c1-5-11(3)15(12(4)6-2)13-9-7-8-10-14(13)16/h7-12,16H,5-6H2,1-4H3. The molecule has 16 heavy (non-hydrogen) atoms. The lowest BCUT2D eigenvalue weighted by Gasteiger charge is -2.36. The van der Waals surface area contributed by atoms with Gasteiger partial charge in [0.2, 0.25) is 0 Å². The van der Waals surface area contributed by atoms with E-state index in [1.165, 1.54) is 0 Å². The Morgan fingerprint density at radius 2 is 1.56 bits per heavy atom. The van der Waals surface area contributed by atoms with Gasteiger partial charge in [0, 0.05) is 12.1 Å². The molecule has 1 N–H and O–H groups in total. The van der Waals surface area contributed by atoms with Gasteiger partial charge in [-0.05, 0) is 38.8 Å². The van der Waals surface area contributed by atoms with Crippen molar-refractivity contribution in [2.45, 2.75) is 52.6 Å². The van der Waals surface area contributed by atoms with Crippen molar-refractivity contribution in [1.29, 1.82) is 0 Å². The van der Waals surface area contributed by atoms with Gasteiger partial charge in [-0.1, -0.05) is 26.0 Å². The van der Waals surface area contributed by atoms with Crippen LogP contribution in [0.15, 0.2) is 24.3 Å². The van der Waals surface area contributed by atoms with Gasteiger partial charge in [-0.15, -0.1) is 0 Å². The van der Waals surface area contributed by atoms with Crippen LogP contribution < -0.4 is 4.90 Å². The van der Waals surface area contributed by atoms with Crippen molar-refractivity contribution >= 4 is 5.69 Å². The molecule has 2 nitrogen and oxygen atoms in total. The van der Waals surface area contributed by atoms with Crippen LogP contribution in [0.25, 0.3) is 0 Å². The number of hydrogen-bond donors (Lipinski definition) is 1. The molecule has 0 aliphatic rings. The fraction of sp³-hybridized carbons (Fsp3) is 0.571. The first-order valence-corrected chi connectivity index (χ1v) is 6.18. The largest absolute Gasteiger partial charge is 0.506 e. The Hall–Kier alpha value is -1.18. The Morgan fingerprint density at radius 3 is 2.00 bits per heavy atom. The van der Waals surface area contributed by atoms with E-state index in [1.54, 1.807) is 6.07 Å². The third kappa shape index (κ3) is 2.69. The van der Waals surface area contributed by atoms with Crippen LogP contribution in [0.4, 0.5) is 5.69 Å². The minimum atomic E-state index is 0.378. The summed E-state index contributed by atoms with van der Waals surface area (Å²) < 4.78 is 0. The summed E-state index contributed by atoms with van der Waals surface area (Å²) in [7, 11) is 0. The smallest absolute Gasteiger partial charge is 0.138 e. The lowest BCUT2D eigenvalue weighted by molar-refractivity contribution is 0.460. The molecule has 2 unspecified atom stereocenters. The number of para-hydroxylation sites is 2. The van der Waals surface area contributed by atoms with Gasteiger partial charge in [-0.3, -0.25) is 0 Å². The molecule has 0 heterocycles. The summed E-state index contributed by atoms with van der Waals surface area (Å²) >= 11 is 0. The van der Waals surface area contributed by atoms with Gasteiger partial charge in [-0.25, -0.2) is 0 Å². The van der Waals surface area contributed by atoms with Gasteiger partial charge < -0.3 is 10.0 Å². The fourth-order valence-corrected chi connectivity index (χ4v) is 1.99. The minimum absolute atomic E-state index is 0.378. The van der Waals surface area contributed by atoms with Crippen LogP contribution in [0.3, 0.4) is 0 Å². The van der Waals surface area contributed by atoms with Crippen LogP contribution in [0.5, 0.6) is 5.75 Å². The summed E-state index contributed by atoms with van der Waals surface area (Å²) in [5.74, 6) is 0.378. The molecule has 0 radical (unpaired) electrons. The molecule has 0 bridgehead atoms. The Balaban J connectivity index is 3.06. The topological polar surface area (TPSA) is 23.5 Å². The van der Waals surface area contributed by atoms with Gasteiger partial charge in [0.25, 0.3) is 0 Å². The molecule has 1 aromatic rings. The van der Waals surface area contributed by atoms with E-state index in [1.807, 2.05) is 18.2 Å². The second-order valence-corrected chi connectivity index (χ2v) is 4.41. The van der Waals surface area contributed by atoms with E-state index >= 15 is 0 Å². The van der Waals surface area contributed by atoms with Crippen molar-refractivity contribution in [1.82, 2.24) is 0 Å². The van der Waals surface area contributed by atoms with Crippen LogP contribution in [-0.4, -0.2) is 17.2 Å². The van der Waals surface area contributed by atoms with Crippen molar-refractivity contribution in [3.05, 3.63) is 24.3 Å². The van der Waals surface area contributed by atoms with Gasteiger partial charge in [0.1, 0.15) is 5.75 Å². The number of anilines is 1. The zero-order valence-corrected chi connectivity index (χ0v) is 10.8. The molecule has 1 rings (SSSR count). The quantitative estimate of drug-likeness (QED) is 0.817. The first-order chi connectivity index (χ1) is 7.61. The molecule has 0 aromatic heterocycles. The van der Waals surface area contributed by atoms with E-state index in [4.69, 9.17) is 0 Å². The maximum absolute atomic E-state index is 9.93. The fourth-order valence-electron chi connectivity index (χ4n) is 1.99. The minimum Gasteiger partial charge on any atom is -0.506 e. The van der Waals surface area contributed by atoms with Crippen LogP contribution >= 0.6 is 0 Å². The lowest BCUT2D eigenvalue weighted by atomic mass is 10.1. The summed E-state index contributed by atoms with van der Waals surface area (Å²) in [5.41, 5.74) is 0.950. The summed E-state index contributed by atoms with van der Waals surface area (Å²) in [5, 5.41) is 9.93. The van der Waals surface area contributed by atoms with E-state index in [0.717, 1.165) is 18.5 Å². The van der Waals surface area contributed by atoms with Crippen molar-refractivity contribution in [3.63, 3.8) is 0 Å². The van der Waals surface area contributed by atoms with Crippen LogP contribution in [0, 0.1) is 0 Å². The molecule has 0 aliphatic heterocycles. The number of hydrogen-bond acceptors (Lipinski definition) is 2. The van der Waals surface area contributed by atoms with Gasteiger partial charge in [0.05, 0.1) is 5.69 Å². The van der Waals surface area contributed by atoms with Crippen LogP contribution in [0.2, 0.25) is 0 Å². The number of aromatic hydroxyl groups is 1. The van der Waals surface area contributed by atoms with E-state index in [2.05, 4.69) is 32.6 Å². The maximum atomic E-state index is 9.93. The van der Waals surface area contributed by atoms with E-state index in [9.17, 15) is 5.11 Å². The molecule has 0 amide bonds. The first-order valence-electron chi connectivity index (χ1n) is 6.18. The van der Waals surface area contributed by atoms with E-state index < -0.39 is 0 Å². The molecule has 0 saturated carbocycles. The molecular weight excluding hydrogens is 198 g/mol. The lowest BCUT2D eigenvalue weighted by Crippen LogP contribution is -2.39. The van der Waals surface area contributed by atoms with Crippen molar-refractivity contribution < 1.29 is 5.11 Å². The number of phenols is 1. The average molecular weight is 221 g/mol. The van der Waals surface area contributed by atoms with E-state index in [0.29, 0.717) is 17.8 Å². The zero-order chi connectivity index (χ0) is 12.1. The van der Waals surface area contributed by atoms with Gasteiger partial charge >= 0.3 is 0 Å². The zero-order valence-electron chi connectivity index (χ0n) is 10.8. The molecule has 0 aliphatic carbocycles. The number of phenolic OH excluding ortho intramolecular Hbond substituents is 1. The number of nitrogens with zero attached hydrogens (tertiary/aromatic N) is 1. The predicted octanol–water partition coefficient (Wildman–Crippen LogP) is 3.80. The third-order valence-corrected chi connectivity index (χ3v) is 3.29. The van der Waals surface area contributed by atoms with Crippen molar-refractivity contribution in [2.75, 3.05) is 4.90 Å². The molecular formula is C14H23NO. The number of benzene rings is 1. The average Bonchev–Trinajstić information content (AvgIpc) is 2.31. The summed E-state index contributed by atoms with van der Waals surface area (Å²) in [6.07, 6.45) is 2.16. The third-order valence-electron chi connectivity index (χ3n) is 3.29. The SMILES string of the molecule is CCC(C)N(c1ccccc1O)C(C)CC. The highest BCUT2D eigenvalue weighted by molar-refractivity contribution is 5.58. The highest BCUT2D eigenvalue weighted by atomic mass is 16.3. The Bertz CT molecular complexity index is 314. The highest BCUT2D eigenvalue weighted by Crippen LogP contribution is 2.31. The van der Waals surface area contributed by atoms with Crippen LogP contribution in [-0.2, 0) is 0 Å². The summed E-state index contributed by atoms with van der Waals surface area (Å²) in [4.78, 5) is 2.31. The Morgan fingerprint density at radius 1 is 1.06 bits per heavy atom.